The zero-order chi connectivity index (χ0) is 21.9. The predicted molar refractivity (Wildman–Crippen MR) is 115 cm³/mol. The lowest BCUT2D eigenvalue weighted by Gasteiger charge is -2.09. The van der Waals surface area contributed by atoms with E-state index in [0.29, 0.717) is 39.7 Å². The Morgan fingerprint density at radius 3 is 2.70 bits per heavy atom. The van der Waals surface area contributed by atoms with Crippen molar-refractivity contribution in [2.45, 2.75) is 31.4 Å². The summed E-state index contributed by atoms with van der Waals surface area (Å²) in [5.74, 6) is -0.231. The second-order valence-corrected chi connectivity index (χ2v) is 9.49. The largest absolute Gasteiger partial charge is 0.354 e. The Morgan fingerprint density at radius 2 is 2.00 bits per heavy atom. The van der Waals surface area contributed by atoms with E-state index in [1.807, 2.05) is 0 Å². The van der Waals surface area contributed by atoms with Gasteiger partial charge in [-0.15, -0.1) is 11.3 Å². The molecule has 10 heteroatoms. The van der Waals surface area contributed by atoms with Crippen LogP contribution in [0.5, 0.6) is 0 Å². The highest BCUT2D eigenvalue weighted by Crippen LogP contribution is 2.28. The number of carbonyl (C=O) groups excluding carboxylic acids is 1. The first-order chi connectivity index (χ1) is 14.2. The van der Waals surface area contributed by atoms with Crippen molar-refractivity contribution in [1.82, 2.24) is 5.16 Å². The molecule has 0 aliphatic rings. The van der Waals surface area contributed by atoms with Gasteiger partial charge in [-0.05, 0) is 61.9 Å². The lowest BCUT2D eigenvalue weighted by atomic mass is 10.2. The third kappa shape index (κ3) is 4.95. The molecule has 0 saturated heterocycles. The van der Waals surface area contributed by atoms with Crippen LogP contribution in [0.25, 0.3) is 12.2 Å². The minimum absolute atomic E-state index is 0.110. The summed E-state index contributed by atoms with van der Waals surface area (Å²) in [7, 11) is -3.81. The average molecular weight is 450 g/mol. The molecule has 2 aromatic heterocycles. The van der Waals surface area contributed by atoms with Crippen molar-refractivity contribution in [3.63, 3.8) is 0 Å². The van der Waals surface area contributed by atoms with Crippen molar-refractivity contribution in [2.24, 2.45) is 0 Å². The van der Waals surface area contributed by atoms with Gasteiger partial charge in [0.1, 0.15) is 21.4 Å². The number of hydrogen-bond donors (Lipinski definition) is 2. The first kappa shape index (κ1) is 21.7. The van der Waals surface area contributed by atoms with Crippen LogP contribution in [0.4, 0.5) is 15.8 Å². The van der Waals surface area contributed by atoms with Crippen molar-refractivity contribution < 1.29 is 22.1 Å². The molecule has 0 aliphatic heterocycles. The fourth-order valence-electron chi connectivity index (χ4n) is 2.54. The summed E-state index contributed by atoms with van der Waals surface area (Å²) in [5, 5.41) is 6.59. The molecule has 3 aromatic rings. The quantitative estimate of drug-likeness (QED) is 0.539. The van der Waals surface area contributed by atoms with Gasteiger partial charge in [0.15, 0.2) is 5.76 Å². The molecule has 158 valence electrons. The predicted octanol–water partition coefficient (Wildman–Crippen LogP) is 4.81. The van der Waals surface area contributed by atoms with E-state index in [0.717, 1.165) is 11.3 Å². The van der Waals surface area contributed by atoms with Crippen LogP contribution >= 0.6 is 11.3 Å². The van der Waals surface area contributed by atoms with Gasteiger partial charge in [0.25, 0.3) is 10.0 Å². The number of amides is 1. The van der Waals surface area contributed by atoms with Crippen molar-refractivity contribution in [1.29, 1.82) is 0 Å². The van der Waals surface area contributed by atoms with Gasteiger partial charge in [-0.1, -0.05) is 12.1 Å². The van der Waals surface area contributed by atoms with E-state index in [1.165, 1.54) is 24.3 Å². The normalized spacial score (nSPS) is 11.7. The minimum Gasteiger partial charge on any atom is -0.354 e. The Balaban J connectivity index is 1.79. The van der Waals surface area contributed by atoms with Gasteiger partial charge < -0.3 is 9.84 Å². The van der Waals surface area contributed by atoms with Gasteiger partial charge in [-0.25, -0.2) is 12.8 Å². The Bertz CT molecular complexity index is 1210. The van der Waals surface area contributed by atoms with E-state index in [2.05, 4.69) is 15.2 Å². The molecule has 7 nitrogen and oxygen atoms in total. The Labute approximate surface area is 177 Å². The highest BCUT2D eigenvalue weighted by atomic mass is 32.2. The Morgan fingerprint density at radius 1 is 1.23 bits per heavy atom. The van der Waals surface area contributed by atoms with Crippen LogP contribution in [0.3, 0.4) is 0 Å². The SMILES string of the molecule is CCC(=O)Nc1c(C)noc1/C=C/c1ccc(S(=O)(=O)Nc2ccc(F)cc2C)s1. The maximum atomic E-state index is 13.2. The van der Waals surface area contributed by atoms with E-state index in [4.69, 9.17) is 4.52 Å². The van der Waals surface area contributed by atoms with Crippen LogP contribution in [0.2, 0.25) is 0 Å². The van der Waals surface area contributed by atoms with Crippen LogP contribution in [0.1, 0.15) is 35.2 Å². The van der Waals surface area contributed by atoms with Crippen molar-refractivity contribution in [3.05, 3.63) is 58.0 Å². The second-order valence-electron chi connectivity index (χ2n) is 6.46. The van der Waals surface area contributed by atoms with E-state index in [9.17, 15) is 17.6 Å². The number of halogens is 1. The highest BCUT2D eigenvalue weighted by Gasteiger charge is 2.18. The fraction of sp³-hybridized carbons (Fsp3) is 0.200. The molecule has 0 bridgehead atoms. The van der Waals surface area contributed by atoms with Gasteiger partial charge in [0.2, 0.25) is 5.91 Å². The van der Waals surface area contributed by atoms with Gasteiger partial charge in [0, 0.05) is 11.3 Å². The topological polar surface area (TPSA) is 101 Å². The molecule has 3 rings (SSSR count). The van der Waals surface area contributed by atoms with Crippen molar-refractivity contribution in [3.8, 4) is 0 Å². The highest BCUT2D eigenvalue weighted by molar-refractivity contribution is 7.94. The molecule has 0 saturated carbocycles. The molecule has 0 spiro atoms. The van der Waals surface area contributed by atoms with E-state index in [-0.39, 0.29) is 10.1 Å². The molecule has 0 atom stereocenters. The zero-order valence-electron chi connectivity index (χ0n) is 16.5. The van der Waals surface area contributed by atoms with Crippen LogP contribution in [0.15, 0.2) is 39.1 Å². The van der Waals surface area contributed by atoms with Crippen LogP contribution in [-0.4, -0.2) is 19.5 Å². The smallest absolute Gasteiger partial charge is 0.271 e. The van der Waals surface area contributed by atoms with Crippen LogP contribution in [0, 0.1) is 19.7 Å². The van der Waals surface area contributed by atoms with E-state index >= 15 is 0 Å². The number of aryl methyl sites for hydroxylation is 2. The molecule has 0 radical (unpaired) electrons. The van der Waals surface area contributed by atoms with Crippen molar-refractivity contribution >= 4 is 50.8 Å². The summed E-state index contributed by atoms with van der Waals surface area (Å²) in [6.07, 6.45) is 3.61. The maximum absolute atomic E-state index is 13.2. The van der Waals surface area contributed by atoms with E-state index < -0.39 is 15.8 Å². The Kier molecular flexibility index (Phi) is 6.37. The summed E-state index contributed by atoms with van der Waals surface area (Å²) in [4.78, 5) is 12.3. The first-order valence-electron chi connectivity index (χ1n) is 9.02. The summed E-state index contributed by atoms with van der Waals surface area (Å²) in [5.41, 5.74) is 1.83. The lowest BCUT2D eigenvalue weighted by Crippen LogP contribution is -2.12. The number of benzene rings is 1. The molecule has 2 heterocycles. The first-order valence-corrected chi connectivity index (χ1v) is 11.3. The van der Waals surface area contributed by atoms with Gasteiger partial charge in [-0.2, -0.15) is 0 Å². The molecule has 1 aromatic carbocycles. The molecule has 2 N–H and O–H groups in total. The monoisotopic (exact) mass is 449 g/mol. The average Bonchev–Trinajstić information content (AvgIpc) is 3.30. The number of carbonyl (C=O) groups is 1. The summed E-state index contributed by atoms with van der Waals surface area (Å²) < 4.78 is 46.3. The molecule has 0 unspecified atom stereocenters. The molecular formula is C20H20FN3O4S2. The van der Waals surface area contributed by atoms with Crippen LogP contribution < -0.4 is 10.0 Å². The number of anilines is 2. The maximum Gasteiger partial charge on any atom is 0.271 e. The Hall–Kier alpha value is -2.98. The molecule has 1 amide bonds. The van der Waals surface area contributed by atoms with Gasteiger partial charge in [-0.3, -0.25) is 9.52 Å². The third-order valence-corrected chi connectivity index (χ3v) is 7.08. The summed E-state index contributed by atoms with van der Waals surface area (Å²) >= 11 is 1.06. The molecule has 0 aliphatic carbocycles. The van der Waals surface area contributed by atoms with Gasteiger partial charge >= 0.3 is 0 Å². The molecule has 30 heavy (non-hydrogen) atoms. The number of nitrogens with zero attached hydrogens (tertiary/aromatic N) is 1. The number of aromatic nitrogens is 1. The van der Waals surface area contributed by atoms with Crippen molar-refractivity contribution in [2.75, 3.05) is 10.0 Å². The number of nitrogens with one attached hydrogen (secondary N) is 2. The number of rotatable bonds is 7. The molecular weight excluding hydrogens is 429 g/mol. The lowest BCUT2D eigenvalue weighted by molar-refractivity contribution is -0.115. The standard InChI is InChI=1S/C20H20FN3O4S2/c1-4-18(25)22-20-13(3)23-28-17(20)9-6-15-7-10-19(29-15)30(26,27)24-16-8-5-14(21)11-12(16)2/h5-11,24H,4H2,1-3H3,(H,22,25)/b9-6+. The number of sulfonamides is 1. The van der Waals surface area contributed by atoms with Gasteiger partial charge in [0.05, 0.1) is 5.69 Å². The third-order valence-electron chi connectivity index (χ3n) is 4.17. The molecule has 0 fully saturated rings. The zero-order valence-corrected chi connectivity index (χ0v) is 18.2. The van der Waals surface area contributed by atoms with Crippen LogP contribution in [-0.2, 0) is 14.8 Å². The van der Waals surface area contributed by atoms with E-state index in [1.54, 1.807) is 39.0 Å². The fourth-order valence-corrected chi connectivity index (χ4v) is 4.90. The second kappa shape index (κ2) is 8.80. The summed E-state index contributed by atoms with van der Waals surface area (Å²) in [6.45, 7) is 5.08. The minimum atomic E-state index is -3.81. The number of thiophene rings is 1. The number of hydrogen-bond acceptors (Lipinski definition) is 6. The summed E-state index contributed by atoms with van der Waals surface area (Å²) in [6, 6.07) is 6.98.